The number of fused-ring (bicyclic) bond motifs is 1. The quantitative estimate of drug-likeness (QED) is 0.330. The van der Waals surface area contributed by atoms with Gasteiger partial charge in [-0.3, -0.25) is 4.55 Å². The maximum absolute atomic E-state index is 12.2. The molecule has 1 saturated heterocycles. The molecule has 1 aliphatic heterocycles. The smallest absolute Gasteiger partial charge is 0.294 e. The van der Waals surface area contributed by atoms with Crippen molar-refractivity contribution in [3.05, 3.63) is 90.5 Å². The fraction of sp³-hybridized carbons (Fsp3) is 0.296. The molecule has 9 heteroatoms. The maximum Gasteiger partial charge on any atom is 0.294 e. The van der Waals surface area contributed by atoms with Gasteiger partial charge in [0.2, 0.25) is 5.79 Å². The third-order valence-corrected chi connectivity index (χ3v) is 7.22. The van der Waals surface area contributed by atoms with E-state index in [1.54, 1.807) is 18.6 Å². The van der Waals surface area contributed by atoms with Gasteiger partial charge < -0.3 is 18.8 Å². The van der Waals surface area contributed by atoms with E-state index in [1.165, 1.54) is 6.07 Å². The number of imidazole rings is 1. The Labute approximate surface area is 210 Å². The predicted molar refractivity (Wildman–Crippen MR) is 134 cm³/mol. The number of nitrogens with zero attached hydrogens (tertiary/aromatic N) is 2. The highest BCUT2D eigenvalue weighted by molar-refractivity contribution is 7.85. The highest BCUT2D eigenvalue weighted by Crippen LogP contribution is 2.39. The molecule has 188 valence electrons. The first kappa shape index (κ1) is 24.5. The van der Waals surface area contributed by atoms with E-state index in [2.05, 4.69) is 11.9 Å². The molecule has 1 fully saturated rings. The molecule has 2 atom stereocenters. The van der Waals surface area contributed by atoms with Gasteiger partial charge in [-0.05, 0) is 53.1 Å². The van der Waals surface area contributed by atoms with Crippen LogP contribution in [0.3, 0.4) is 0 Å². The Morgan fingerprint density at radius 1 is 1.14 bits per heavy atom. The molecule has 2 unspecified atom stereocenters. The zero-order valence-electron chi connectivity index (χ0n) is 19.9. The van der Waals surface area contributed by atoms with Crippen molar-refractivity contribution < 1.29 is 27.2 Å². The van der Waals surface area contributed by atoms with Gasteiger partial charge >= 0.3 is 0 Å². The molecule has 0 saturated carbocycles. The van der Waals surface area contributed by atoms with Crippen LogP contribution in [0.5, 0.6) is 5.75 Å². The van der Waals surface area contributed by atoms with Crippen molar-refractivity contribution in [2.24, 2.45) is 0 Å². The van der Waals surface area contributed by atoms with Gasteiger partial charge in [-0.25, -0.2) is 4.98 Å². The summed E-state index contributed by atoms with van der Waals surface area (Å²) < 4.78 is 54.8. The van der Waals surface area contributed by atoms with Crippen LogP contribution in [0.4, 0.5) is 0 Å². The van der Waals surface area contributed by atoms with E-state index in [1.807, 2.05) is 59.3 Å². The standard InChI is InChI=1S/C27H28N2O6S/c1-2-15-33-22-10-8-21(9-11-22)27(18-29-14-13-28-19-29)34-17-23(35-27)16-25-24-6-4-3-5-20(24)7-12-26(25)36(30,31)32/h3-14,19,23H,2,15-18H2,1H3,(H,30,31,32). The minimum atomic E-state index is -4.42. The third-order valence-electron chi connectivity index (χ3n) is 6.28. The summed E-state index contributed by atoms with van der Waals surface area (Å²) in [6.45, 7) is 3.30. The zero-order valence-corrected chi connectivity index (χ0v) is 20.7. The fourth-order valence-electron chi connectivity index (χ4n) is 4.63. The first-order valence-electron chi connectivity index (χ1n) is 11.9. The summed E-state index contributed by atoms with van der Waals surface area (Å²) in [5.74, 6) is -0.334. The zero-order chi connectivity index (χ0) is 25.2. The normalized spacial score (nSPS) is 20.1. The number of hydrogen-bond donors (Lipinski definition) is 1. The molecule has 5 rings (SSSR count). The molecule has 3 aromatic carbocycles. The Morgan fingerprint density at radius 3 is 2.67 bits per heavy atom. The van der Waals surface area contributed by atoms with E-state index < -0.39 is 22.0 Å². The molecule has 0 bridgehead atoms. The van der Waals surface area contributed by atoms with Crippen LogP contribution in [-0.4, -0.2) is 41.8 Å². The largest absolute Gasteiger partial charge is 0.494 e. The summed E-state index contributed by atoms with van der Waals surface area (Å²) in [7, 11) is -4.42. The summed E-state index contributed by atoms with van der Waals surface area (Å²) in [6.07, 6.45) is 5.94. The first-order chi connectivity index (χ1) is 17.4. The molecule has 36 heavy (non-hydrogen) atoms. The third kappa shape index (κ3) is 5.01. The summed E-state index contributed by atoms with van der Waals surface area (Å²) in [5.41, 5.74) is 1.32. The Hall–Kier alpha value is -3.24. The van der Waals surface area contributed by atoms with Crippen LogP contribution < -0.4 is 4.74 Å². The average Bonchev–Trinajstić information content (AvgIpc) is 3.53. The molecule has 0 amide bonds. The van der Waals surface area contributed by atoms with E-state index >= 15 is 0 Å². The van der Waals surface area contributed by atoms with Gasteiger partial charge in [0.15, 0.2) is 0 Å². The highest BCUT2D eigenvalue weighted by atomic mass is 32.2. The van der Waals surface area contributed by atoms with Crippen molar-refractivity contribution >= 4 is 20.9 Å². The maximum atomic E-state index is 12.2. The molecule has 1 aliphatic rings. The van der Waals surface area contributed by atoms with Crippen molar-refractivity contribution in [2.75, 3.05) is 13.2 Å². The van der Waals surface area contributed by atoms with Gasteiger partial charge in [0.25, 0.3) is 10.1 Å². The average molecular weight is 509 g/mol. The van der Waals surface area contributed by atoms with Crippen LogP contribution >= 0.6 is 0 Å². The summed E-state index contributed by atoms with van der Waals surface area (Å²) in [6, 6.07) is 18.2. The predicted octanol–water partition coefficient (Wildman–Crippen LogP) is 4.58. The van der Waals surface area contributed by atoms with Crippen LogP contribution in [0.15, 0.2) is 84.3 Å². The first-order valence-corrected chi connectivity index (χ1v) is 13.3. The Bertz CT molecular complexity index is 1440. The molecule has 0 aliphatic carbocycles. The molecule has 2 heterocycles. The van der Waals surface area contributed by atoms with Crippen LogP contribution in [0.2, 0.25) is 0 Å². The van der Waals surface area contributed by atoms with Crippen LogP contribution in [-0.2, 0) is 38.3 Å². The van der Waals surface area contributed by atoms with E-state index in [9.17, 15) is 13.0 Å². The van der Waals surface area contributed by atoms with E-state index in [4.69, 9.17) is 14.2 Å². The number of hydrogen-bond acceptors (Lipinski definition) is 6. The van der Waals surface area contributed by atoms with Crippen molar-refractivity contribution in [1.82, 2.24) is 9.55 Å². The lowest BCUT2D eigenvalue weighted by Crippen LogP contribution is -2.33. The van der Waals surface area contributed by atoms with Crippen molar-refractivity contribution in [1.29, 1.82) is 0 Å². The SMILES string of the molecule is CCCOc1ccc(C2(Cn3ccnc3)OCC(Cc3c(S(=O)(=O)O)ccc4ccccc34)O2)cc1. The highest BCUT2D eigenvalue weighted by Gasteiger charge is 2.44. The van der Waals surface area contributed by atoms with E-state index in [0.29, 0.717) is 18.7 Å². The second kappa shape index (κ2) is 10.0. The van der Waals surface area contributed by atoms with E-state index in [0.717, 1.165) is 28.5 Å². The molecular weight excluding hydrogens is 480 g/mol. The Balaban J connectivity index is 1.48. The van der Waals surface area contributed by atoms with Crippen molar-refractivity contribution in [3.63, 3.8) is 0 Å². The van der Waals surface area contributed by atoms with Crippen LogP contribution in [0.25, 0.3) is 10.8 Å². The minimum absolute atomic E-state index is 0.116. The fourth-order valence-corrected chi connectivity index (χ4v) is 5.38. The van der Waals surface area contributed by atoms with E-state index in [-0.39, 0.29) is 17.9 Å². The summed E-state index contributed by atoms with van der Waals surface area (Å²) in [4.78, 5) is 4.02. The molecule has 4 aromatic rings. The summed E-state index contributed by atoms with van der Waals surface area (Å²) in [5, 5.41) is 1.63. The van der Waals surface area contributed by atoms with Crippen LogP contribution in [0.1, 0.15) is 24.5 Å². The number of rotatable bonds is 9. The van der Waals surface area contributed by atoms with Gasteiger partial charge in [-0.2, -0.15) is 8.42 Å². The van der Waals surface area contributed by atoms with Gasteiger partial charge in [-0.1, -0.05) is 37.3 Å². The monoisotopic (exact) mass is 508 g/mol. The topological polar surface area (TPSA) is 99.9 Å². The van der Waals surface area contributed by atoms with Crippen LogP contribution in [0, 0.1) is 0 Å². The Kier molecular flexibility index (Phi) is 6.81. The molecular formula is C27H28N2O6S. The molecule has 0 radical (unpaired) electrons. The lowest BCUT2D eigenvalue weighted by molar-refractivity contribution is -0.186. The van der Waals surface area contributed by atoms with Gasteiger partial charge in [-0.15, -0.1) is 0 Å². The minimum Gasteiger partial charge on any atom is -0.494 e. The second-order valence-electron chi connectivity index (χ2n) is 8.85. The lowest BCUT2D eigenvalue weighted by Gasteiger charge is -2.29. The van der Waals surface area contributed by atoms with Gasteiger partial charge in [0, 0.05) is 24.4 Å². The molecule has 8 nitrogen and oxygen atoms in total. The molecule has 0 spiro atoms. The van der Waals surface area contributed by atoms with Gasteiger partial charge in [0.05, 0.1) is 37.1 Å². The van der Waals surface area contributed by atoms with Crippen molar-refractivity contribution in [3.8, 4) is 5.75 Å². The van der Waals surface area contributed by atoms with Crippen molar-refractivity contribution in [2.45, 2.75) is 43.1 Å². The number of benzene rings is 3. The second-order valence-corrected chi connectivity index (χ2v) is 10.2. The molecule has 1 N–H and O–H groups in total. The summed E-state index contributed by atoms with van der Waals surface area (Å²) >= 11 is 0. The number of ether oxygens (including phenoxy) is 3. The number of aromatic nitrogens is 2. The van der Waals surface area contributed by atoms with Gasteiger partial charge in [0.1, 0.15) is 5.75 Å². The molecule has 1 aromatic heterocycles. The lowest BCUT2D eigenvalue weighted by atomic mass is 10.00. The Morgan fingerprint density at radius 2 is 1.94 bits per heavy atom.